The van der Waals surface area contributed by atoms with Crippen molar-refractivity contribution < 1.29 is 28.7 Å². The van der Waals surface area contributed by atoms with Gasteiger partial charge in [0.15, 0.2) is 0 Å². The number of hydrogen-bond donors (Lipinski definition) is 4. The van der Waals surface area contributed by atoms with Crippen molar-refractivity contribution in [2.75, 3.05) is 45.7 Å². The number of amides is 4. The van der Waals surface area contributed by atoms with Crippen LogP contribution in [0.2, 0.25) is 0 Å². The molecule has 2 saturated heterocycles. The summed E-state index contributed by atoms with van der Waals surface area (Å²) in [6.07, 6.45) is 6.60. The van der Waals surface area contributed by atoms with E-state index in [1.54, 1.807) is 42.2 Å². The largest absolute Gasteiger partial charge is 0.453 e. The third kappa shape index (κ3) is 8.03. The second-order valence-corrected chi connectivity index (χ2v) is 13.0. The van der Waals surface area contributed by atoms with E-state index in [1.807, 2.05) is 12.1 Å². The van der Waals surface area contributed by atoms with Gasteiger partial charge in [0.1, 0.15) is 17.9 Å². The molecule has 268 valence electrons. The summed E-state index contributed by atoms with van der Waals surface area (Å²) in [4.78, 5) is 69.5. The van der Waals surface area contributed by atoms with E-state index in [4.69, 9.17) is 0 Å². The Morgan fingerprint density at radius 3 is 2.16 bits per heavy atom. The van der Waals surface area contributed by atoms with Crippen LogP contribution >= 0.6 is 0 Å². The first-order chi connectivity index (χ1) is 24.6. The number of hydrogen-bond acceptors (Lipinski definition) is 10. The van der Waals surface area contributed by atoms with Crippen LogP contribution in [-0.2, 0) is 19.1 Å². The van der Waals surface area contributed by atoms with Gasteiger partial charge in [0.25, 0.3) is 0 Å². The summed E-state index contributed by atoms with van der Waals surface area (Å²) in [5, 5.41) is 10.5. The van der Waals surface area contributed by atoms with Crippen molar-refractivity contribution in [1.29, 1.82) is 0 Å². The molecule has 2 aliphatic heterocycles. The number of anilines is 1. The van der Waals surface area contributed by atoms with Crippen LogP contribution in [0.5, 0.6) is 0 Å². The number of likely N-dealkylation sites (tertiary alicyclic amines) is 2. The van der Waals surface area contributed by atoms with Crippen LogP contribution in [0.25, 0.3) is 33.2 Å². The molecule has 2 fully saturated rings. The fourth-order valence-electron chi connectivity index (χ4n) is 6.68. The Hall–Kier alpha value is -5.73. The highest BCUT2D eigenvalue weighted by Crippen LogP contribution is 2.33. The Labute approximate surface area is 295 Å². The van der Waals surface area contributed by atoms with Crippen molar-refractivity contribution in [2.45, 2.75) is 51.2 Å². The summed E-state index contributed by atoms with van der Waals surface area (Å²) in [5.74, 6) is 1.18. The van der Waals surface area contributed by atoms with Crippen molar-refractivity contribution in [1.82, 2.24) is 40.4 Å². The minimum absolute atomic E-state index is 0.130. The summed E-state index contributed by atoms with van der Waals surface area (Å²) >= 11 is 0. The minimum atomic E-state index is -0.707. The zero-order valence-corrected chi connectivity index (χ0v) is 29.1. The van der Waals surface area contributed by atoms with Gasteiger partial charge < -0.3 is 40.2 Å². The average molecular weight is 698 g/mol. The number of nitrogens with zero attached hydrogens (tertiary/aromatic N) is 5. The zero-order chi connectivity index (χ0) is 36.1. The van der Waals surface area contributed by atoms with Crippen LogP contribution in [0, 0.1) is 5.92 Å². The lowest BCUT2D eigenvalue weighted by Crippen LogP contribution is -2.46. The molecule has 6 rings (SSSR count). The number of carbonyl (C=O) groups excluding carboxylic acids is 4. The average Bonchev–Trinajstić information content (AvgIpc) is 3.94. The lowest BCUT2D eigenvalue weighted by molar-refractivity contribution is -0.134. The number of rotatable bonds is 10. The first-order valence-electron chi connectivity index (χ1n) is 17.1. The lowest BCUT2D eigenvalue weighted by Gasteiger charge is -2.26. The Morgan fingerprint density at radius 2 is 1.47 bits per heavy atom. The minimum Gasteiger partial charge on any atom is -0.453 e. The molecule has 2 aromatic heterocycles. The SMILES string of the molecule is COC(=O)N[C@@H](C)C(=O)N1CC[C@H](CNc2ncc(-c3ccc4cc(-c5cnc([C@@H]6CCCN6C(=O)[C@@H](C)NC(=O)OC)[nH]5)ccc4c3)cn2)C1. The summed E-state index contributed by atoms with van der Waals surface area (Å²) in [5.41, 5.74) is 3.72. The number of methoxy groups -OCH3 is 2. The van der Waals surface area contributed by atoms with Gasteiger partial charge in [0.2, 0.25) is 17.8 Å². The number of benzene rings is 2. The molecular formula is C36H43N9O6. The molecule has 0 radical (unpaired) electrons. The molecule has 4 amide bonds. The fourth-order valence-corrected chi connectivity index (χ4v) is 6.68. The predicted octanol–water partition coefficient (Wildman–Crippen LogP) is 4.10. The van der Waals surface area contributed by atoms with Crippen LogP contribution in [0.3, 0.4) is 0 Å². The smallest absolute Gasteiger partial charge is 0.407 e. The molecule has 0 aliphatic carbocycles. The van der Waals surface area contributed by atoms with Crippen molar-refractivity contribution in [2.24, 2.45) is 5.92 Å². The van der Waals surface area contributed by atoms with Gasteiger partial charge in [-0.2, -0.15) is 0 Å². The molecule has 2 aromatic carbocycles. The van der Waals surface area contributed by atoms with E-state index in [9.17, 15) is 19.2 Å². The van der Waals surface area contributed by atoms with E-state index in [0.717, 1.165) is 58.2 Å². The molecule has 4 aromatic rings. The standard InChI is InChI=1S/C36H43N9O6/c1-21(41-35(48)50-3)32(46)44-13-11-23(20-44)16-38-34-39-17-28(18-40-34)26-8-7-25-15-27(10-9-24(25)14-26)29-19-37-31(43-29)30-6-5-12-45(30)33(47)22(2)42-36(49)51-4/h7-10,14-15,17-19,21-23,30H,5-6,11-13,16,20H2,1-4H3,(H,37,43)(H,41,48)(H,42,49)(H,38,39,40)/t21-,22+,23+,30-/m0/s1. The molecule has 4 atom stereocenters. The van der Waals surface area contributed by atoms with Crippen LogP contribution in [0.1, 0.15) is 45.0 Å². The number of carbonyl (C=O) groups is 4. The summed E-state index contributed by atoms with van der Waals surface area (Å²) < 4.78 is 9.23. The van der Waals surface area contributed by atoms with E-state index >= 15 is 0 Å². The molecule has 4 N–H and O–H groups in total. The Balaban J connectivity index is 1.05. The van der Waals surface area contributed by atoms with Gasteiger partial charge in [-0.3, -0.25) is 9.59 Å². The number of aromatic amines is 1. The Morgan fingerprint density at radius 1 is 0.824 bits per heavy atom. The number of fused-ring (bicyclic) bond motifs is 1. The monoisotopic (exact) mass is 697 g/mol. The maximum Gasteiger partial charge on any atom is 0.407 e. The van der Waals surface area contributed by atoms with E-state index in [-0.39, 0.29) is 23.8 Å². The number of imidazole rings is 1. The molecule has 0 bridgehead atoms. The lowest BCUT2D eigenvalue weighted by atomic mass is 10.0. The number of H-pyrrole nitrogens is 1. The molecule has 4 heterocycles. The van der Waals surface area contributed by atoms with Gasteiger partial charge in [-0.05, 0) is 67.5 Å². The summed E-state index contributed by atoms with van der Waals surface area (Å²) in [6, 6.07) is 10.9. The quantitative estimate of drug-likeness (QED) is 0.188. The third-order valence-corrected chi connectivity index (χ3v) is 9.51. The molecule has 15 nitrogen and oxygen atoms in total. The molecule has 51 heavy (non-hydrogen) atoms. The van der Waals surface area contributed by atoms with Crippen LogP contribution < -0.4 is 16.0 Å². The highest BCUT2D eigenvalue weighted by atomic mass is 16.5. The van der Waals surface area contributed by atoms with E-state index < -0.39 is 24.3 Å². The summed E-state index contributed by atoms with van der Waals surface area (Å²) in [6.45, 7) is 5.75. The van der Waals surface area contributed by atoms with Crippen LogP contribution in [0.4, 0.5) is 15.5 Å². The second-order valence-electron chi connectivity index (χ2n) is 13.0. The van der Waals surface area contributed by atoms with Crippen molar-refractivity contribution >= 4 is 40.7 Å². The molecule has 2 aliphatic rings. The first-order valence-corrected chi connectivity index (χ1v) is 17.1. The van der Waals surface area contributed by atoms with Crippen molar-refractivity contribution in [3.63, 3.8) is 0 Å². The van der Waals surface area contributed by atoms with Crippen molar-refractivity contribution in [3.05, 3.63) is 60.8 Å². The first kappa shape index (κ1) is 35.1. The number of nitrogens with one attached hydrogen (secondary N) is 4. The van der Waals surface area contributed by atoms with E-state index in [1.165, 1.54) is 14.2 Å². The molecule has 0 unspecified atom stereocenters. The second kappa shape index (κ2) is 15.4. The highest BCUT2D eigenvalue weighted by molar-refractivity contribution is 5.90. The summed E-state index contributed by atoms with van der Waals surface area (Å²) in [7, 11) is 2.54. The Kier molecular flexibility index (Phi) is 10.6. The van der Waals surface area contributed by atoms with Gasteiger partial charge in [-0.25, -0.2) is 24.5 Å². The zero-order valence-electron chi connectivity index (χ0n) is 29.1. The number of ether oxygens (including phenoxy) is 2. The maximum absolute atomic E-state index is 13.1. The topological polar surface area (TPSA) is 184 Å². The van der Waals surface area contributed by atoms with Crippen LogP contribution in [0.15, 0.2) is 55.0 Å². The normalized spacial score (nSPS) is 18.3. The molecule has 0 saturated carbocycles. The van der Waals surface area contributed by atoms with Gasteiger partial charge in [0.05, 0.1) is 32.2 Å². The van der Waals surface area contributed by atoms with E-state index in [0.29, 0.717) is 32.1 Å². The van der Waals surface area contributed by atoms with Crippen molar-refractivity contribution in [3.8, 4) is 22.4 Å². The Bertz CT molecular complexity index is 1900. The van der Waals surface area contributed by atoms with Gasteiger partial charge in [0, 0.05) is 49.7 Å². The predicted molar refractivity (Wildman–Crippen MR) is 189 cm³/mol. The van der Waals surface area contributed by atoms with Gasteiger partial charge in [-0.15, -0.1) is 0 Å². The van der Waals surface area contributed by atoms with Gasteiger partial charge >= 0.3 is 12.2 Å². The van der Waals surface area contributed by atoms with Crippen LogP contribution in [-0.4, -0.2) is 106 Å². The number of alkyl carbamates (subject to hydrolysis) is 2. The fraction of sp³-hybridized carbons (Fsp3) is 0.417. The molecule has 15 heteroatoms. The third-order valence-electron chi connectivity index (χ3n) is 9.51. The molecular weight excluding hydrogens is 654 g/mol. The van der Waals surface area contributed by atoms with E-state index in [2.05, 4.69) is 69.6 Å². The molecule has 0 spiro atoms. The maximum atomic E-state index is 13.1. The number of aromatic nitrogens is 4. The highest BCUT2D eigenvalue weighted by Gasteiger charge is 2.35. The van der Waals surface area contributed by atoms with Gasteiger partial charge in [-0.1, -0.05) is 24.3 Å².